The average Bonchev–Trinajstić information content (AvgIpc) is 2.83. The first-order valence-electron chi connectivity index (χ1n) is 5.50. The molecule has 0 saturated carbocycles. The van der Waals surface area contributed by atoms with Gasteiger partial charge in [0, 0.05) is 11.8 Å². The Hall–Kier alpha value is -2.90. The van der Waals surface area contributed by atoms with Crippen LogP contribution >= 0.6 is 0 Å². The Morgan fingerprint density at radius 3 is 3.00 bits per heavy atom. The van der Waals surface area contributed by atoms with E-state index in [4.69, 9.17) is 10.5 Å². The van der Waals surface area contributed by atoms with Crippen molar-refractivity contribution in [3.05, 3.63) is 30.6 Å². The summed E-state index contributed by atoms with van der Waals surface area (Å²) in [5.41, 5.74) is 6.48. The number of nitrogens with zero attached hydrogens (tertiary/aromatic N) is 5. The number of ether oxygens (including phenoxy) is 1. The van der Waals surface area contributed by atoms with Gasteiger partial charge in [0.2, 0.25) is 11.9 Å². The van der Waals surface area contributed by atoms with E-state index in [0.717, 1.165) is 11.4 Å². The largest absolute Gasteiger partial charge is 0.497 e. The van der Waals surface area contributed by atoms with Crippen molar-refractivity contribution in [1.82, 2.24) is 24.6 Å². The Morgan fingerprint density at radius 2 is 2.21 bits per heavy atom. The number of hydrogen-bond acceptors (Lipinski definition) is 7. The van der Waals surface area contributed by atoms with Crippen molar-refractivity contribution in [3.63, 3.8) is 0 Å². The SMILES string of the molecule is COc1cccc(Nc2nc3ncnc(N)n3n2)c1. The number of benzene rings is 1. The first-order chi connectivity index (χ1) is 9.26. The summed E-state index contributed by atoms with van der Waals surface area (Å²) >= 11 is 0. The lowest BCUT2D eigenvalue weighted by Gasteiger charge is -2.03. The minimum atomic E-state index is 0.233. The van der Waals surface area contributed by atoms with Crippen LogP contribution in [0.5, 0.6) is 5.75 Å². The van der Waals surface area contributed by atoms with E-state index in [9.17, 15) is 0 Å². The molecule has 0 radical (unpaired) electrons. The van der Waals surface area contributed by atoms with Gasteiger partial charge < -0.3 is 15.8 Å². The molecule has 3 rings (SSSR count). The highest BCUT2D eigenvalue weighted by molar-refractivity contribution is 5.57. The lowest BCUT2D eigenvalue weighted by molar-refractivity contribution is 0.415. The molecule has 0 saturated heterocycles. The third-order valence-corrected chi connectivity index (χ3v) is 2.50. The van der Waals surface area contributed by atoms with E-state index < -0.39 is 0 Å². The van der Waals surface area contributed by atoms with Crippen molar-refractivity contribution in [2.24, 2.45) is 0 Å². The van der Waals surface area contributed by atoms with Crippen LogP contribution in [0, 0.1) is 0 Å². The maximum Gasteiger partial charge on any atom is 0.258 e. The molecule has 96 valence electrons. The highest BCUT2D eigenvalue weighted by atomic mass is 16.5. The van der Waals surface area contributed by atoms with Crippen LogP contribution in [0.15, 0.2) is 30.6 Å². The number of anilines is 3. The molecule has 0 atom stereocenters. The molecule has 8 nitrogen and oxygen atoms in total. The van der Waals surface area contributed by atoms with Crippen LogP contribution in [0.1, 0.15) is 0 Å². The lowest BCUT2D eigenvalue weighted by atomic mass is 10.3. The fourth-order valence-electron chi connectivity index (χ4n) is 1.62. The van der Waals surface area contributed by atoms with Gasteiger partial charge in [-0.05, 0) is 12.1 Å². The van der Waals surface area contributed by atoms with E-state index in [-0.39, 0.29) is 5.95 Å². The summed E-state index contributed by atoms with van der Waals surface area (Å²) in [5.74, 6) is 1.75. The molecule has 0 aliphatic carbocycles. The number of nitrogen functional groups attached to an aromatic ring is 1. The quantitative estimate of drug-likeness (QED) is 0.716. The van der Waals surface area contributed by atoms with Crippen molar-refractivity contribution in [3.8, 4) is 5.75 Å². The second-order valence-corrected chi connectivity index (χ2v) is 3.74. The fourth-order valence-corrected chi connectivity index (χ4v) is 1.62. The second-order valence-electron chi connectivity index (χ2n) is 3.74. The number of hydrogen-bond donors (Lipinski definition) is 2. The molecule has 19 heavy (non-hydrogen) atoms. The van der Waals surface area contributed by atoms with Gasteiger partial charge in [0.25, 0.3) is 5.78 Å². The topological polar surface area (TPSA) is 103 Å². The van der Waals surface area contributed by atoms with Crippen molar-refractivity contribution in [2.75, 3.05) is 18.2 Å². The van der Waals surface area contributed by atoms with Crippen LogP contribution in [0.2, 0.25) is 0 Å². The molecule has 0 aliphatic rings. The number of aromatic nitrogens is 5. The smallest absolute Gasteiger partial charge is 0.258 e. The fraction of sp³-hybridized carbons (Fsp3) is 0.0909. The third kappa shape index (κ3) is 2.10. The Morgan fingerprint density at radius 1 is 1.32 bits per heavy atom. The zero-order valence-electron chi connectivity index (χ0n) is 10.1. The summed E-state index contributed by atoms with van der Waals surface area (Å²) in [6, 6.07) is 7.43. The van der Waals surface area contributed by atoms with E-state index in [0.29, 0.717) is 11.7 Å². The molecule has 1 aromatic carbocycles. The van der Waals surface area contributed by atoms with Crippen LogP contribution in [0.25, 0.3) is 5.78 Å². The monoisotopic (exact) mass is 257 g/mol. The Bertz CT molecular complexity index is 724. The van der Waals surface area contributed by atoms with Crippen molar-refractivity contribution in [1.29, 1.82) is 0 Å². The lowest BCUT2D eigenvalue weighted by Crippen LogP contribution is -2.02. The van der Waals surface area contributed by atoms with Crippen LogP contribution in [-0.2, 0) is 0 Å². The molecule has 0 unspecified atom stereocenters. The summed E-state index contributed by atoms with van der Waals surface area (Å²) in [5, 5.41) is 7.22. The number of fused-ring (bicyclic) bond motifs is 1. The van der Waals surface area contributed by atoms with Gasteiger partial charge in [-0.2, -0.15) is 14.5 Å². The van der Waals surface area contributed by atoms with Gasteiger partial charge in [-0.25, -0.2) is 4.98 Å². The van der Waals surface area contributed by atoms with Gasteiger partial charge in [-0.3, -0.25) is 0 Å². The van der Waals surface area contributed by atoms with Crippen molar-refractivity contribution < 1.29 is 4.74 Å². The number of nitrogens with two attached hydrogens (primary N) is 1. The molecule has 0 amide bonds. The molecule has 2 aromatic heterocycles. The minimum Gasteiger partial charge on any atom is -0.497 e. The number of nitrogens with one attached hydrogen (secondary N) is 1. The van der Waals surface area contributed by atoms with E-state index in [1.54, 1.807) is 7.11 Å². The average molecular weight is 257 g/mol. The molecule has 2 heterocycles. The molecule has 3 aromatic rings. The third-order valence-electron chi connectivity index (χ3n) is 2.50. The predicted molar refractivity (Wildman–Crippen MR) is 69.3 cm³/mol. The molecular formula is C11H11N7O. The van der Waals surface area contributed by atoms with Crippen LogP contribution in [0.3, 0.4) is 0 Å². The zero-order valence-corrected chi connectivity index (χ0v) is 10.1. The Kier molecular flexibility index (Phi) is 2.60. The zero-order chi connectivity index (χ0) is 13.2. The van der Waals surface area contributed by atoms with Gasteiger partial charge in [-0.1, -0.05) is 6.07 Å². The molecular weight excluding hydrogens is 246 g/mol. The van der Waals surface area contributed by atoms with Gasteiger partial charge in [0.1, 0.15) is 12.1 Å². The Labute approximate surface area is 108 Å². The Balaban J connectivity index is 1.94. The molecule has 3 N–H and O–H groups in total. The maximum absolute atomic E-state index is 5.67. The van der Waals surface area contributed by atoms with Gasteiger partial charge in [0.15, 0.2) is 0 Å². The van der Waals surface area contributed by atoms with Crippen LogP contribution < -0.4 is 15.8 Å². The summed E-state index contributed by atoms with van der Waals surface area (Å²) < 4.78 is 6.51. The maximum atomic E-state index is 5.67. The summed E-state index contributed by atoms with van der Waals surface area (Å²) in [6.45, 7) is 0. The normalized spacial score (nSPS) is 10.6. The van der Waals surface area contributed by atoms with Crippen molar-refractivity contribution in [2.45, 2.75) is 0 Å². The van der Waals surface area contributed by atoms with Gasteiger partial charge in [-0.15, -0.1) is 5.10 Å². The number of methoxy groups -OCH3 is 1. The molecule has 8 heteroatoms. The molecule has 0 fully saturated rings. The van der Waals surface area contributed by atoms with E-state index in [2.05, 4.69) is 25.4 Å². The standard InChI is InChI=1S/C11H11N7O/c1-19-8-4-2-3-7(5-8)15-10-16-11-14-6-13-9(12)18(11)17-10/h2-6H,1H3,(H3,12,13,14,15,16,17). The molecule has 0 aliphatic heterocycles. The summed E-state index contributed by atoms with van der Waals surface area (Å²) in [7, 11) is 1.61. The summed E-state index contributed by atoms with van der Waals surface area (Å²) in [6.07, 6.45) is 1.34. The molecule has 0 spiro atoms. The van der Waals surface area contributed by atoms with Gasteiger partial charge in [0.05, 0.1) is 7.11 Å². The highest BCUT2D eigenvalue weighted by Crippen LogP contribution is 2.19. The van der Waals surface area contributed by atoms with Crippen LogP contribution in [0.4, 0.5) is 17.6 Å². The van der Waals surface area contributed by atoms with E-state index in [1.165, 1.54) is 10.8 Å². The second kappa shape index (κ2) is 4.41. The van der Waals surface area contributed by atoms with E-state index in [1.807, 2.05) is 24.3 Å². The predicted octanol–water partition coefficient (Wildman–Crippen LogP) is 0.854. The van der Waals surface area contributed by atoms with Crippen LogP contribution in [-0.4, -0.2) is 31.7 Å². The van der Waals surface area contributed by atoms with Gasteiger partial charge >= 0.3 is 0 Å². The first kappa shape index (κ1) is 11.2. The van der Waals surface area contributed by atoms with E-state index >= 15 is 0 Å². The number of rotatable bonds is 3. The first-order valence-corrected chi connectivity index (χ1v) is 5.50. The molecule has 0 bridgehead atoms. The van der Waals surface area contributed by atoms with Crippen molar-refractivity contribution >= 4 is 23.4 Å². The highest BCUT2D eigenvalue weighted by Gasteiger charge is 2.07. The summed E-state index contributed by atoms with van der Waals surface area (Å²) in [4.78, 5) is 12.0. The minimum absolute atomic E-state index is 0.233.